The van der Waals surface area contributed by atoms with Crippen molar-refractivity contribution < 1.29 is 9.47 Å². The van der Waals surface area contributed by atoms with Crippen molar-refractivity contribution in [2.24, 2.45) is 0 Å². The van der Waals surface area contributed by atoms with Crippen LogP contribution in [0.2, 0.25) is 0 Å². The highest BCUT2D eigenvalue weighted by molar-refractivity contribution is 7.13. The average molecular weight is 340 g/mol. The van der Waals surface area contributed by atoms with Crippen molar-refractivity contribution in [3.05, 3.63) is 65.4 Å². The standard InChI is InChI=1S/C19H20N2O2S/c1-22-18-9-7-15(8-10-18)19-21-17(14-24-19)13-23-12-4-6-16-5-2-3-11-20-16/h2-3,5,7-11,14H,4,6,12-13H2,1H3. The summed E-state index contributed by atoms with van der Waals surface area (Å²) < 4.78 is 10.9. The first-order valence-electron chi connectivity index (χ1n) is 7.91. The number of methoxy groups -OCH3 is 1. The van der Waals surface area contributed by atoms with Gasteiger partial charge in [0.25, 0.3) is 0 Å². The molecule has 124 valence electrons. The number of hydrogen-bond acceptors (Lipinski definition) is 5. The lowest BCUT2D eigenvalue weighted by Gasteiger charge is -2.02. The normalized spacial score (nSPS) is 10.7. The summed E-state index contributed by atoms with van der Waals surface area (Å²) in [6.07, 6.45) is 3.73. The molecule has 0 spiro atoms. The number of ether oxygens (including phenoxy) is 2. The summed E-state index contributed by atoms with van der Waals surface area (Å²) in [6, 6.07) is 13.9. The molecule has 0 bridgehead atoms. The third-order valence-electron chi connectivity index (χ3n) is 3.59. The first-order valence-corrected chi connectivity index (χ1v) is 8.79. The van der Waals surface area contributed by atoms with Gasteiger partial charge in [-0.1, -0.05) is 6.07 Å². The Morgan fingerprint density at radius 2 is 1.92 bits per heavy atom. The molecule has 0 fully saturated rings. The van der Waals surface area contributed by atoms with E-state index in [4.69, 9.17) is 9.47 Å². The summed E-state index contributed by atoms with van der Waals surface area (Å²) >= 11 is 1.63. The van der Waals surface area contributed by atoms with Gasteiger partial charge in [0.15, 0.2) is 0 Å². The zero-order valence-electron chi connectivity index (χ0n) is 13.6. The van der Waals surface area contributed by atoms with E-state index in [0.717, 1.165) is 40.6 Å². The first-order chi connectivity index (χ1) is 11.8. The van der Waals surface area contributed by atoms with Crippen molar-refractivity contribution in [3.63, 3.8) is 0 Å². The lowest BCUT2D eigenvalue weighted by Crippen LogP contribution is -1.98. The molecule has 2 aromatic heterocycles. The summed E-state index contributed by atoms with van der Waals surface area (Å²) in [4.78, 5) is 8.94. The molecule has 0 amide bonds. The van der Waals surface area contributed by atoms with E-state index in [9.17, 15) is 0 Å². The first kappa shape index (κ1) is 16.6. The van der Waals surface area contributed by atoms with Crippen LogP contribution >= 0.6 is 11.3 Å². The van der Waals surface area contributed by atoms with Crippen molar-refractivity contribution in [1.82, 2.24) is 9.97 Å². The summed E-state index contributed by atoms with van der Waals surface area (Å²) in [5.74, 6) is 0.853. The third kappa shape index (κ3) is 4.63. The average Bonchev–Trinajstić information content (AvgIpc) is 3.11. The van der Waals surface area contributed by atoms with Gasteiger partial charge in [0.1, 0.15) is 10.8 Å². The van der Waals surface area contributed by atoms with Gasteiger partial charge in [0, 0.05) is 29.4 Å². The van der Waals surface area contributed by atoms with E-state index in [2.05, 4.69) is 15.3 Å². The van der Waals surface area contributed by atoms with Gasteiger partial charge in [-0.3, -0.25) is 4.98 Å². The van der Waals surface area contributed by atoms with Crippen LogP contribution in [0.1, 0.15) is 17.8 Å². The van der Waals surface area contributed by atoms with E-state index in [1.165, 1.54) is 0 Å². The predicted molar refractivity (Wildman–Crippen MR) is 96.3 cm³/mol. The number of aromatic nitrogens is 2. The lowest BCUT2D eigenvalue weighted by atomic mass is 10.2. The molecule has 0 N–H and O–H groups in total. The molecule has 0 saturated heterocycles. The van der Waals surface area contributed by atoms with Gasteiger partial charge in [0.2, 0.25) is 0 Å². The number of nitrogens with zero attached hydrogens (tertiary/aromatic N) is 2. The molecule has 0 aliphatic rings. The van der Waals surface area contributed by atoms with E-state index in [1.807, 2.05) is 48.7 Å². The number of aryl methyl sites for hydroxylation is 1. The molecule has 0 aliphatic heterocycles. The van der Waals surface area contributed by atoms with Gasteiger partial charge in [-0.2, -0.15) is 0 Å². The molecule has 24 heavy (non-hydrogen) atoms. The molecule has 3 rings (SSSR count). The Morgan fingerprint density at radius 1 is 1.04 bits per heavy atom. The van der Waals surface area contributed by atoms with Crippen LogP contribution in [-0.2, 0) is 17.8 Å². The van der Waals surface area contributed by atoms with E-state index in [1.54, 1.807) is 18.4 Å². The fourth-order valence-electron chi connectivity index (χ4n) is 2.32. The van der Waals surface area contributed by atoms with Gasteiger partial charge in [-0.05, 0) is 49.2 Å². The lowest BCUT2D eigenvalue weighted by molar-refractivity contribution is 0.116. The number of pyridine rings is 1. The number of hydrogen-bond donors (Lipinski definition) is 0. The van der Waals surface area contributed by atoms with E-state index < -0.39 is 0 Å². The van der Waals surface area contributed by atoms with Crippen LogP contribution in [0.15, 0.2) is 54.0 Å². The number of rotatable bonds is 8. The summed E-state index contributed by atoms with van der Waals surface area (Å²) in [5.41, 5.74) is 3.18. The van der Waals surface area contributed by atoms with Crippen LogP contribution in [0, 0.1) is 0 Å². The molecular formula is C19H20N2O2S. The van der Waals surface area contributed by atoms with Crippen LogP contribution in [0.25, 0.3) is 10.6 Å². The topological polar surface area (TPSA) is 44.2 Å². The van der Waals surface area contributed by atoms with Crippen molar-refractivity contribution >= 4 is 11.3 Å². The van der Waals surface area contributed by atoms with Gasteiger partial charge >= 0.3 is 0 Å². The minimum absolute atomic E-state index is 0.550. The minimum atomic E-state index is 0.550. The highest BCUT2D eigenvalue weighted by Gasteiger charge is 2.05. The Labute approximate surface area is 146 Å². The van der Waals surface area contributed by atoms with Crippen molar-refractivity contribution in [2.45, 2.75) is 19.4 Å². The van der Waals surface area contributed by atoms with Gasteiger partial charge < -0.3 is 9.47 Å². The van der Waals surface area contributed by atoms with E-state index >= 15 is 0 Å². The quantitative estimate of drug-likeness (QED) is 0.571. The highest BCUT2D eigenvalue weighted by atomic mass is 32.1. The molecule has 0 aliphatic carbocycles. The Kier molecular flexibility index (Phi) is 5.93. The van der Waals surface area contributed by atoms with E-state index in [0.29, 0.717) is 13.2 Å². The zero-order chi connectivity index (χ0) is 16.6. The molecule has 5 heteroatoms. The molecule has 3 aromatic rings. The second-order valence-electron chi connectivity index (χ2n) is 5.35. The highest BCUT2D eigenvalue weighted by Crippen LogP contribution is 2.25. The maximum Gasteiger partial charge on any atom is 0.123 e. The summed E-state index contributed by atoms with van der Waals surface area (Å²) in [7, 11) is 1.67. The Hall–Kier alpha value is -2.24. The summed E-state index contributed by atoms with van der Waals surface area (Å²) in [5, 5.41) is 3.06. The largest absolute Gasteiger partial charge is 0.497 e. The molecule has 2 heterocycles. The Bertz CT molecular complexity index is 742. The maximum absolute atomic E-state index is 5.72. The van der Waals surface area contributed by atoms with Crippen LogP contribution in [0.4, 0.5) is 0 Å². The Morgan fingerprint density at radius 3 is 2.67 bits per heavy atom. The smallest absolute Gasteiger partial charge is 0.123 e. The minimum Gasteiger partial charge on any atom is -0.497 e. The predicted octanol–water partition coefficient (Wildman–Crippen LogP) is 4.36. The number of benzene rings is 1. The molecule has 1 aromatic carbocycles. The van der Waals surface area contributed by atoms with Crippen LogP contribution in [0.3, 0.4) is 0 Å². The third-order valence-corrected chi connectivity index (χ3v) is 4.53. The maximum atomic E-state index is 5.72. The Balaban J connectivity index is 1.44. The van der Waals surface area contributed by atoms with Crippen molar-refractivity contribution in [2.75, 3.05) is 13.7 Å². The molecule has 0 atom stereocenters. The second kappa shape index (κ2) is 8.57. The van der Waals surface area contributed by atoms with E-state index in [-0.39, 0.29) is 0 Å². The van der Waals surface area contributed by atoms with Gasteiger partial charge in [-0.15, -0.1) is 11.3 Å². The molecule has 0 unspecified atom stereocenters. The monoisotopic (exact) mass is 340 g/mol. The SMILES string of the molecule is COc1ccc(-c2nc(COCCCc3ccccn3)cs2)cc1. The fourth-order valence-corrected chi connectivity index (χ4v) is 3.13. The second-order valence-corrected chi connectivity index (χ2v) is 6.21. The van der Waals surface area contributed by atoms with Crippen molar-refractivity contribution in [1.29, 1.82) is 0 Å². The molecule has 4 nitrogen and oxygen atoms in total. The number of thiazole rings is 1. The fraction of sp³-hybridized carbons (Fsp3) is 0.263. The van der Waals surface area contributed by atoms with Gasteiger partial charge in [-0.25, -0.2) is 4.98 Å². The van der Waals surface area contributed by atoms with Crippen LogP contribution in [-0.4, -0.2) is 23.7 Å². The van der Waals surface area contributed by atoms with Crippen molar-refractivity contribution in [3.8, 4) is 16.3 Å². The summed E-state index contributed by atoms with van der Waals surface area (Å²) in [6.45, 7) is 1.26. The molecule has 0 radical (unpaired) electrons. The van der Waals surface area contributed by atoms with Crippen LogP contribution in [0.5, 0.6) is 5.75 Å². The molecular weight excluding hydrogens is 320 g/mol. The zero-order valence-corrected chi connectivity index (χ0v) is 14.5. The van der Waals surface area contributed by atoms with Gasteiger partial charge in [0.05, 0.1) is 19.4 Å². The molecule has 0 saturated carbocycles. The van der Waals surface area contributed by atoms with Crippen LogP contribution < -0.4 is 4.74 Å².